The molecule has 0 aliphatic rings. The Labute approximate surface area is 110 Å². The average molecular weight is 286 g/mol. The molecule has 0 fully saturated rings. The number of hydrogen-bond acceptors (Lipinski definition) is 4. The largest absolute Gasteiger partial charge is 0.481 e. The quantitative estimate of drug-likeness (QED) is 0.639. The summed E-state index contributed by atoms with van der Waals surface area (Å²) in [6, 6.07) is 6.23. The van der Waals surface area contributed by atoms with Crippen LogP contribution in [0.1, 0.15) is 15.9 Å². The number of carboxylic acids is 1. The molecule has 7 nitrogen and oxygen atoms in total. The number of carbonyl (C=O) groups is 2. The fraction of sp³-hybridized carbons (Fsp3) is 0.273. The third-order valence-corrected chi connectivity index (χ3v) is 3.05. The number of carbonyl (C=O) groups excluding carboxylic acids is 1. The molecule has 0 aliphatic heterocycles. The molecule has 1 amide bonds. The molecule has 0 saturated heterocycles. The van der Waals surface area contributed by atoms with E-state index in [0.29, 0.717) is 5.56 Å². The fourth-order valence-electron chi connectivity index (χ4n) is 1.46. The van der Waals surface area contributed by atoms with Crippen molar-refractivity contribution < 1.29 is 23.1 Å². The van der Waals surface area contributed by atoms with Crippen molar-refractivity contribution in [2.24, 2.45) is 5.14 Å². The first-order valence-corrected chi connectivity index (χ1v) is 7.09. The molecule has 0 aliphatic carbocycles. The number of rotatable bonds is 6. The molecule has 104 valence electrons. The Bertz CT molecular complexity index is 583. The maximum atomic E-state index is 11.8. The minimum atomic E-state index is -3.64. The van der Waals surface area contributed by atoms with Crippen LogP contribution in [0.25, 0.3) is 0 Å². The second-order valence-electron chi connectivity index (χ2n) is 3.85. The molecule has 0 radical (unpaired) electrons. The zero-order valence-corrected chi connectivity index (χ0v) is 10.8. The number of carboxylic acid groups (broad SMARTS) is 1. The summed E-state index contributed by atoms with van der Waals surface area (Å²) in [6.45, 7) is -0.126. The van der Waals surface area contributed by atoms with Gasteiger partial charge < -0.3 is 10.4 Å². The molecule has 0 saturated carbocycles. The minimum absolute atomic E-state index is 0.126. The lowest BCUT2D eigenvalue weighted by Gasteiger charge is -2.08. The molecule has 8 heteroatoms. The van der Waals surface area contributed by atoms with Gasteiger partial charge in [0, 0.05) is 12.1 Å². The highest BCUT2D eigenvalue weighted by Gasteiger charge is 2.13. The topological polar surface area (TPSA) is 127 Å². The van der Waals surface area contributed by atoms with Gasteiger partial charge in [-0.2, -0.15) is 0 Å². The number of primary sulfonamides is 1. The van der Waals surface area contributed by atoms with Crippen LogP contribution in [-0.4, -0.2) is 37.7 Å². The van der Waals surface area contributed by atoms with Crippen molar-refractivity contribution in [2.45, 2.75) is 6.42 Å². The van der Waals surface area contributed by atoms with E-state index in [-0.39, 0.29) is 24.3 Å². The number of nitrogens with one attached hydrogen (secondary N) is 1. The summed E-state index contributed by atoms with van der Waals surface area (Å²) in [6.07, 6.45) is -0.279. The van der Waals surface area contributed by atoms with Crippen molar-refractivity contribution in [2.75, 3.05) is 12.3 Å². The second-order valence-corrected chi connectivity index (χ2v) is 5.58. The number of benzene rings is 1. The standard InChI is InChI=1S/C11H14N2O5S/c12-19(17,18)6-5-13-11(16)9-4-2-1-3-8(9)7-10(14)15/h1-4H,5-7H2,(H,13,16)(H,14,15)(H2,12,17,18). The maximum Gasteiger partial charge on any atom is 0.307 e. The van der Waals surface area contributed by atoms with Crippen LogP contribution in [0.15, 0.2) is 24.3 Å². The lowest BCUT2D eigenvalue weighted by molar-refractivity contribution is -0.136. The Morgan fingerprint density at radius 1 is 1.26 bits per heavy atom. The van der Waals surface area contributed by atoms with Gasteiger partial charge in [0.05, 0.1) is 12.2 Å². The van der Waals surface area contributed by atoms with E-state index in [0.717, 1.165) is 0 Å². The van der Waals surface area contributed by atoms with Crippen LogP contribution in [0.2, 0.25) is 0 Å². The number of sulfonamides is 1. The van der Waals surface area contributed by atoms with Gasteiger partial charge in [0.25, 0.3) is 5.91 Å². The summed E-state index contributed by atoms with van der Waals surface area (Å²) in [4.78, 5) is 22.5. The summed E-state index contributed by atoms with van der Waals surface area (Å²) in [5, 5.41) is 15.9. The van der Waals surface area contributed by atoms with Crippen LogP contribution in [0.5, 0.6) is 0 Å². The van der Waals surface area contributed by atoms with E-state index in [1.807, 2.05) is 0 Å². The van der Waals surface area contributed by atoms with Gasteiger partial charge in [-0.3, -0.25) is 9.59 Å². The average Bonchev–Trinajstić information content (AvgIpc) is 2.27. The molecular weight excluding hydrogens is 272 g/mol. The number of aliphatic carboxylic acids is 1. The van der Waals surface area contributed by atoms with Crippen molar-refractivity contribution in [1.82, 2.24) is 5.32 Å². The van der Waals surface area contributed by atoms with Crippen LogP contribution in [-0.2, 0) is 21.2 Å². The van der Waals surface area contributed by atoms with Crippen molar-refractivity contribution in [3.63, 3.8) is 0 Å². The predicted octanol–water partition coefficient (Wildman–Crippen LogP) is -0.668. The van der Waals surface area contributed by atoms with E-state index < -0.39 is 21.9 Å². The maximum absolute atomic E-state index is 11.8. The van der Waals surface area contributed by atoms with Crippen molar-refractivity contribution in [1.29, 1.82) is 0 Å². The lowest BCUT2D eigenvalue weighted by Crippen LogP contribution is -2.32. The van der Waals surface area contributed by atoms with Gasteiger partial charge in [-0.1, -0.05) is 18.2 Å². The van der Waals surface area contributed by atoms with E-state index in [4.69, 9.17) is 10.2 Å². The van der Waals surface area contributed by atoms with E-state index in [9.17, 15) is 18.0 Å². The smallest absolute Gasteiger partial charge is 0.307 e. The van der Waals surface area contributed by atoms with Crippen molar-refractivity contribution in [3.8, 4) is 0 Å². The molecular formula is C11H14N2O5S. The van der Waals surface area contributed by atoms with Crippen LogP contribution in [0.3, 0.4) is 0 Å². The minimum Gasteiger partial charge on any atom is -0.481 e. The third-order valence-electron chi connectivity index (χ3n) is 2.28. The first kappa shape index (κ1) is 15.1. The zero-order chi connectivity index (χ0) is 14.5. The lowest BCUT2D eigenvalue weighted by atomic mass is 10.0. The molecule has 19 heavy (non-hydrogen) atoms. The highest BCUT2D eigenvalue weighted by molar-refractivity contribution is 7.89. The SMILES string of the molecule is NS(=O)(=O)CCNC(=O)c1ccccc1CC(=O)O. The molecule has 1 aromatic rings. The molecule has 0 heterocycles. The Kier molecular flexibility index (Phi) is 5.02. The predicted molar refractivity (Wildman–Crippen MR) is 68.1 cm³/mol. The van der Waals surface area contributed by atoms with Gasteiger partial charge >= 0.3 is 5.97 Å². The van der Waals surface area contributed by atoms with Gasteiger partial charge in [0.15, 0.2) is 0 Å². The monoisotopic (exact) mass is 286 g/mol. The molecule has 4 N–H and O–H groups in total. The summed E-state index contributed by atoms with van der Waals surface area (Å²) in [5.74, 6) is -1.95. The highest BCUT2D eigenvalue weighted by Crippen LogP contribution is 2.09. The summed E-state index contributed by atoms with van der Waals surface area (Å²) < 4.78 is 21.4. The summed E-state index contributed by atoms with van der Waals surface area (Å²) in [7, 11) is -3.64. The van der Waals surface area contributed by atoms with Gasteiger partial charge in [-0.25, -0.2) is 13.6 Å². The van der Waals surface area contributed by atoms with E-state index >= 15 is 0 Å². The van der Waals surface area contributed by atoms with Crippen LogP contribution >= 0.6 is 0 Å². The summed E-state index contributed by atoms with van der Waals surface area (Å²) in [5.41, 5.74) is 0.572. The molecule has 0 aromatic heterocycles. The van der Waals surface area contributed by atoms with Gasteiger partial charge in [0.2, 0.25) is 10.0 Å². The molecule has 1 aromatic carbocycles. The Balaban J connectivity index is 2.74. The summed E-state index contributed by atoms with van der Waals surface area (Å²) >= 11 is 0. The second kappa shape index (κ2) is 6.30. The molecule has 0 atom stereocenters. The normalized spacial score (nSPS) is 11.0. The fourth-order valence-corrected chi connectivity index (χ4v) is 1.85. The van der Waals surface area contributed by atoms with Crippen molar-refractivity contribution >= 4 is 21.9 Å². The molecule has 1 rings (SSSR count). The number of hydrogen-bond donors (Lipinski definition) is 3. The van der Waals surface area contributed by atoms with Crippen LogP contribution in [0, 0.1) is 0 Å². The first-order chi connectivity index (χ1) is 8.79. The van der Waals surface area contributed by atoms with E-state index in [2.05, 4.69) is 5.32 Å². The highest BCUT2D eigenvalue weighted by atomic mass is 32.2. The van der Waals surface area contributed by atoms with Crippen molar-refractivity contribution in [3.05, 3.63) is 35.4 Å². The number of amides is 1. The Morgan fingerprint density at radius 3 is 2.47 bits per heavy atom. The molecule has 0 unspecified atom stereocenters. The third kappa shape index (κ3) is 5.49. The Morgan fingerprint density at radius 2 is 1.89 bits per heavy atom. The van der Waals surface area contributed by atoms with Gasteiger partial charge in [-0.05, 0) is 11.6 Å². The van der Waals surface area contributed by atoms with Crippen LogP contribution in [0.4, 0.5) is 0 Å². The van der Waals surface area contributed by atoms with E-state index in [1.54, 1.807) is 12.1 Å². The van der Waals surface area contributed by atoms with Gasteiger partial charge in [0.1, 0.15) is 0 Å². The van der Waals surface area contributed by atoms with E-state index in [1.165, 1.54) is 12.1 Å². The van der Waals surface area contributed by atoms with Gasteiger partial charge in [-0.15, -0.1) is 0 Å². The Hall–Kier alpha value is -1.93. The zero-order valence-electron chi connectivity index (χ0n) is 10.00. The first-order valence-electron chi connectivity index (χ1n) is 5.38. The molecule has 0 spiro atoms. The molecule has 0 bridgehead atoms. The van der Waals surface area contributed by atoms with Crippen LogP contribution < -0.4 is 10.5 Å². The number of nitrogens with two attached hydrogens (primary N) is 1.